The van der Waals surface area contributed by atoms with Crippen molar-refractivity contribution in [2.45, 2.75) is 116 Å². The van der Waals surface area contributed by atoms with Gasteiger partial charge in [0, 0.05) is 29.3 Å². The Kier molecular flexibility index (Phi) is 16.6. The van der Waals surface area contributed by atoms with E-state index < -0.39 is 58.3 Å². The highest BCUT2D eigenvalue weighted by atomic mass is 28.3. The highest BCUT2D eigenvalue weighted by molar-refractivity contribution is 6.76. The molecule has 5 atom stereocenters. The van der Waals surface area contributed by atoms with Gasteiger partial charge in [-0.3, -0.25) is 0 Å². The summed E-state index contributed by atoms with van der Waals surface area (Å²) in [5.41, 5.74) is 1.25. The van der Waals surface area contributed by atoms with Gasteiger partial charge in [-0.25, -0.2) is 9.59 Å². The molecule has 1 heterocycles. The standard InChI is InChI=1S/C41H62O10Si2/c1-29(30(2)42)20-21-34(49-39(43)31-16-13-12-14-17-31)38-35(50-41(3,4)51-38)19-15-18-32-26-33(46-22-24-52(6,7)8)27-36(48-28-45-5)37(32)40(44)47-23-25-53(9,10)11/h12-18,20-21,26-27,29-30,34-35,38,42H,19,22-25,28H2,1-11H3/b18-15+,21-20-/t29-,30+,34+,35?,38-/m1/s1. The van der Waals surface area contributed by atoms with Crippen molar-refractivity contribution in [2.24, 2.45) is 5.92 Å². The fraction of sp³-hybridized carbons (Fsp3) is 0.561. The summed E-state index contributed by atoms with van der Waals surface area (Å²) in [5.74, 6) is -1.29. The second-order valence-electron chi connectivity index (χ2n) is 16.5. The van der Waals surface area contributed by atoms with Crippen LogP contribution in [0.5, 0.6) is 11.5 Å². The van der Waals surface area contributed by atoms with Gasteiger partial charge in [0.1, 0.15) is 29.3 Å². The topological polar surface area (TPSA) is 119 Å². The van der Waals surface area contributed by atoms with Crippen molar-refractivity contribution in [1.82, 2.24) is 0 Å². The second-order valence-corrected chi connectivity index (χ2v) is 27.8. The largest absolute Gasteiger partial charge is 0.494 e. The van der Waals surface area contributed by atoms with Crippen molar-refractivity contribution in [3.05, 3.63) is 77.4 Å². The molecule has 0 aliphatic carbocycles. The molecule has 1 aliphatic heterocycles. The zero-order valence-corrected chi connectivity index (χ0v) is 35.6. The summed E-state index contributed by atoms with van der Waals surface area (Å²) in [6, 6.07) is 14.1. The molecular weight excluding hydrogens is 709 g/mol. The van der Waals surface area contributed by atoms with E-state index in [0.29, 0.717) is 42.3 Å². The third-order valence-corrected chi connectivity index (χ3v) is 12.1. The number of hydrogen-bond acceptors (Lipinski definition) is 10. The van der Waals surface area contributed by atoms with Crippen LogP contribution in [-0.2, 0) is 23.7 Å². The molecule has 3 rings (SSSR count). The van der Waals surface area contributed by atoms with Crippen LogP contribution in [0.2, 0.25) is 51.4 Å². The van der Waals surface area contributed by atoms with Crippen LogP contribution in [0.3, 0.4) is 0 Å². The number of carbonyl (C=O) groups excluding carboxylic acids is 2. The molecule has 0 spiro atoms. The molecule has 1 N–H and O–H groups in total. The van der Waals surface area contributed by atoms with Crippen molar-refractivity contribution >= 4 is 34.2 Å². The average Bonchev–Trinajstić information content (AvgIpc) is 3.37. The first-order valence-corrected chi connectivity index (χ1v) is 25.9. The quantitative estimate of drug-likeness (QED) is 0.0607. The average molecular weight is 771 g/mol. The number of hydrogen-bond donors (Lipinski definition) is 1. The first kappa shape index (κ1) is 44.1. The summed E-state index contributed by atoms with van der Waals surface area (Å²) in [4.78, 5) is 27.0. The third kappa shape index (κ3) is 15.2. The molecule has 12 heteroatoms. The van der Waals surface area contributed by atoms with E-state index in [2.05, 4.69) is 39.3 Å². The Balaban J connectivity index is 1.99. The minimum absolute atomic E-state index is 0.0645. The third-order valence-electron chi connectivity index (χ3n) is 8.68. The number of rotatable bonds is 20. The van der Waals surface area contributed by atoms with E-state index >= 15 is 0 Å². The number of aliphatic hydroxyl groups is 1. The van der Waals surface area contributed by atoms with Crippen LogP contribution in [0.15, 0.2) is 60.7 Å². The molecule has 0 bridgehead atoms. The summed E-state index contributed by atoms with van der Waals surface area (Å²) >= 11 is 0. The van der Waals surface area contributed by atoms with Crippen molar-refractivity contribution in [3.8, 4) is 11.5 Å². The van der Waals surface area contributed by atoms with Gasteiger partial charge in [-0.15, -0.1) is 0 Å². The van der Waals surface area contributed by atoms with Gasteiger partial charge >= 0.3 is 11.9 Å². The first-order chi connectivity index (χ1) is 24.8. The molecule has 0 saturated carbocycles. The van der Waals surface area contributed by atoms with Crippen molar-refractivity contribution in [2.75, 3.05) is 27.1 Å². The Morgan fingerprint density at radius 3 is 2.19 bits per heavy atom. The van der Waals surface area contributed by atoms with Gasteiger partial charge in [-0.1, -0.05) is 82.6 Å². The first-order valence-electron chi connectivity index (χ1n) is 18.5. The van der Waals surface area contributed by atoms with Gasteiger partial charge in [0.05, 0.1) is 31.0 Å². The van der Waals surface area contributed by atoms with Crippen LogP contribution in [0.25, 0.3) is 6.08 Å². The fourth-order valence-corrected chi connectivity index (χ4v) is 6.79. The summed E-state index contributed by atoms with van der Waals surface area (Å²) in [6.45, 7) is 21.6. The van der Waals surface area contributed by atoms with Crippen molar-refractivity contribution < 1.29 is 47.9 Å². The zero-order valence-electron chi connectivity index (χ0n) is 33.6. The maximum Gasteiger partial charge on any atom is 0.342 e. The lowest BCUT2D eigenvalue weighted by atomic mass is 9.99. The van der Waals surface area contributed by atoms with Crippen molar-refractivity contribution in [3.63, 3.8) is 0 Å². The highest BCUT2D eigenvalue weighted by Gasteiger charge is 2.45. The minimum atomic E-state index is -1.46. The monoisotopic (exact) mass is 770 g/mol. The highest BCUT2D eigenvalue weighted by Crippen LogP contribution is 2.35. The second kappa shape index (κ2) is 19.9. The molecule has 2 aromatic carbocycles. The Bertz CT molecular complexity index is 1530. The number of aliphatic hydroxyl groups excluding tert-OH is 1. The normalized spacial score (nSPS) is 19.2. The summed E-state index contributed by atoms with van der Waals surface area (Å²) in [7, 11) is -1.30. The van der Waals surface area contributed by atoms with E-state index in [1.165, 1.54) is 7.11 Å². The number of carbonyl (C=O) groups is 2. The van der Waals surface area contributed by atoms with E-state index in [-0.39, 0.29) is 18.3 Å². The lowest BCUT2D eigenvalue weighted by Gasteiger charge is -2.25. The lowest BCUT2D eigenvalue weighted by molar-refractivity contribution is -0.152. The Morgan fingerprint density at radius 2 is 1.57 bits per heavy atom. The smallest absolute Gasteiger partial charge is 0.342 e. The van der Waals surface area contributed by atoms with Crippen LogP contribution < -0.4 is 9.47 Å². The molecule has 0 aromatic heterocycles. The molecule has 2 aromatic rings. The van der Waals surface area contributed by atoms with Gasteiger partial charge in [-0.2, -0.15) is 0 Å². The number of methoxy groups -OCH3 is 1. The van der Waals surface area contributed by atoms with Crippen LogP contribution in [-0.4, -0.2) is 90.5 Å². The molecular formula is C41H62O10Si2. The van der Waals surface area contributed by atoms with E-state index in [0.717, 1.165) is 12.1 Å². The SMILES string of the molecule is COCOc1cc(OCC[Si](C)(C)C)cc(/C=C/CC2OC(C)(C)O[C@@H]2[C@H](/C=C\[C@@H](C)[C@H](C)O)OC(=O)c2ccccc2)c1C(=O)OCC[Si](C)(C)C. The van der Waals surface area contributed by atoms with E-state index in [9.17, 15) is 14.7 Å². The lowest BCUT2D eigenvalue weighted by Crippen LogP contribution is -2.37. The fourth-order valence-electron chi connectivity index (χ4n) is 5.36. The number of benzene rings is 2. The van der Waals surface area contributed by atoms with Crippen LogP contribution >= 0.6 is 0 Å². The van der Waals surface area contributed by atoms with Crippen LogP contribution in [0, 0.1) is 5.92 Å². The molecule has 0 radical (unpaired) electrons. The summed E-state index contributed by atoms with van der Waals surface area (Å²) in [6.07, 6.45) is 5.05. The Labute approximate surface area is 318 Å². The predicted molar refractivity (Wildman–Crippen MR) is 214 cm³/mol. The van der Waals surface area contributed by atoms with E-state index in [1.54, 1.807) is 43.3 Å². The molecule has 1 unspecified atom stereocenters. The summed E-state index contributed by atoms with van der Waals surface area (Å²) < 4.78 is 42.0. The molecule has 294 valence electrons. The van der Waals surface area contributed by atoms with E-state index in [4.69, 9.17) is 33.2 Å². The molecule has 1 saturated heterocycles. The maximum atomic E-state index is 13.7. The summed E-state index contributed by atoms with van der Waals surface area (Å²) in [5, 5.41) is 10.2. The van der Waals surface area contributed by atoms with Crippen molar-refractivity contribution in [1.29, 1.82) is 0 Å². The number of esters is 2. The Morgan fingerprint density at radius 1 is 0.906 bits per heavy atom. The zero-order chi connectivity index (χ0) is 39.4. The predicted octanol–water partition coefficient (Wildman–Crippen LogP) is 8.60. The maximum absolute atomic E-state index is 13.7. The van der Waals surface area contributed by atoms with Crippen LogP contribution in [0.1, 0.15) is 60.4 Å². The van der Waals surface area contributed by atoms with Gasteiger partial charge in [0.2, 0.25) is 0 Å². The minimum Gasteiger partial charge on any atom is -0.494 e. The molecule has 0 amide bonds. The molecule has 1 fully saturated rings. The van der Waals surface area contributed by atoms with Gasteiger partial charge in [0.25, 0.3) is 0 Å². The number of ether oxygens (including phenoxy) is 7. The molecule has 1 aliphatic rings. The molecule has 53 heavy (non-hydrogen) atoms. The van der Waals surface area contributed by atoms with Gasteiger partial charge in [0.15, 0.2) is 12.6 Å². The van der Waals surface area contributed by atoms with Gasteiger partial charge < -0.3 is 38.3 Å². The molecule has 10 nitrogen and oxygen atoms in total. The van der Waals surface area contributed by atoms with Gasteiger partial charge in [-0.05, 0) is 75.0 Å². The Hall–Kier alpha value is -3.27. The van der Waals surface area contributed by atoms with E-state index in [1.807, 2.05) is 51.1 Å². The van der Waals surface area contributed by atoms with Crippen LogP contribution in [0.4, 0.5) is 0 Å².